The number of rotatable bonds is 4. The second-order valence-corrected chi connectivity index (χ2v) is 8.43. The number of benzene rings is 2. The first-order chi connectivity index (χ1) is 13.8. The highest BCUT2D eigenvalue weighted by molar-refractivity contribution is 5.89. The van der Waals surface area contributed by atoms with E-state index >= 15 is 0 Å². The molecule has 29 heavy (non-hydrogen) atoms. The Morgan fingerprint density at radius 2 is 1.59 bits per heavy atom. The number of ether oxygens (including phenoxy) is 2. The van der Waals surface area contributed by atoms with Crippen molar-refractivity contribution < 1.29 is 19.1 Å². The summed E-state index contributed by atoms with van der Waals surface area (Å²) in [5, 5.41) is 0. The third kappa shape index (κ3) is 6.08. The maximum absolute atomic E-state index is 12.3. The number of nitrogens with zero attached hydrogens (tertiary/aromatic N) is 1. The quantitative estimate of drug-likeness (QED) is 0.671. The van der Waals surface area contributed by atoms with Crippen molar-refractivity contribution >= 4 is 12.1 Å². The Kier molecular flexibility index (Phi) is 6.57. The van der Waals surface area contributed by atoms with Gasteiger partial charge < -0.3 is 14.4 Å². The SMILES string of the molecule is CC(C)(C)OC(=O)N1CCC(c2ccc(C(=O)OCc3ccccc3)cc2)CC1. The van der Waals surface area contributed by atoms with Crippen molar-refractivity contribution in [2.75, 3.05) is 13.1 Å². The molecule has 1 aliphatic rings. The predicted octanol–water partition coefficient (Wildman–Crippen LogP) is 5.16. The zero-order chi connectivity index (χ0) is 20.9. The highest BCUT2D eigenvalue weighted by Gasteiger charge is 2.27. The monoisotopic (exact) mass is 395 g/mol. The highest BCUT2D eigenvalue weighted by atomic mass is 16.6. The first-order valence-electron chi connectivity index (χ1n) is 10.1. The Bertz CT molecular complexity index is 816. The van der Waals surface area contributed by atoms with Crippen molar-refractivity contribution in [3.05, 3.63) is 71.3 Å². The fourth-order valence-corrected chi connectivity index (χ4v) is 3.42. The minimum atomic E-state index is -0.473. The number of carbonyl (C=O) groups excluding carboxylic acids is 2. The number of hydrogen-bond donors (Lipinski definition) is 0. The van der Waals surface area contributed by atoms with Crippen molar-refractivity contribution in [3.8, 4) is 0 Å². The molecule has 2 aromatic rings. The summed E-state index contributed by atoms with van der Waals surface area (Å²) in [5.41, 5.74) is 2.23. The van der Waals surface area contributed by atoms with Crippen molar-refractivity contribution in [2.24, 2.45) is 0 Å². The number of carbonyl (C=O) groups is 2. The zero-order valence-corrected chi connectivity index (χ0v) is 17.4. The Hall–Kier alpha value is -2.82. The van der Waals surface area contributed by atoms with Crippen LogP contribution >= 0.6 is 0 Å². The van der Waals surface area contributed by atoms with E-state index in [2.05, 4.69) is 0 Å². The Balaban J connectivity index is 1.50. The predicted molar refractivity (Wildman–Crippen MR) is 112 cm³/mol. The fourth-order valence-electron chi connectivity index (χ4n) is 3.42. The first-order valence-corrected chi connectivity index (χ1v) is 10.1. The summed E-state index contributed by atoms with van der Waals surface area (Å²) in [5.74, 6) is 0.0585. The van der Waals surface area contributed by atoms with E-state index < -0.39 is 5.60 Å². The van der Waals surface area contributed by atoms with Gasteiger partial charge in [-0.15, -0.1) is 0 Å². The van der Waals surface area contributed by atoms with E-state index in [0.29, 0.717) is 24.6 Å². The van der Waals surface area contributed by atoms with Gasteiger partial charge in [0.25, 0.3) is 0 Å². The van der Waals surface area contributed by atoms with Crippen LogP contribution in [0.2, 0.25) is 0 Å². The fraction of sp³-hybridized carbons (Fsp3) is 0.417. The van der Waals surface area contributed by atoms with Gasteiger partial charge in [-0.05, 0) is 62.8 Å². The van der Waals surface area contributed by atoms with Crippen LogP contribution in [-0.4, -0.2) is 35.7 Å². The van der Waals surface area contributed by atoms with Gasteiger partial charge in [0.05, 0.1) is 5.56 Å². The molecule has 1 fully saturated rings. The molecule has 0 N–H and O–H groups in total. The van der Waals surface area contributed by atoms with Gasteiger partial charge in [0.2, 0.25) is 0 Å². The molecule has 154 valence electrons. The van der Waals surface area contributed by atoms with Crippen LogP contribution in [0, 0.1) is 0 Å². The maximum Gasteiger partial charge on any atom is 0.410 e. The second kappa shape index (κ2) is 9.12. The lowest BCUT2D eigenvalue weighted by molar-refractivity contribution is 0.0204. The molecule has 3 rings (SSSR count). The topological polar surface area (TPSA) is 55.8 Å². The van der Waals surface area contributed by atoms with E-state index in [1.807, 2.05) is 75.4 Å². The standard InChI is InChI=1S/C24H29NO4/c1-24(2,3)29-23(27)25-15-13-20(14-16-25)19-9-11-21(12-10-19)22(26)28-17-18-7-5-4-6-8-18/h4-12,20H,13-17H2,1-3H3. The molecule has 5 nitrogen and oxygen atoms in total. The minimum Gasteiger partial charge on any atom is -0.457 e. The smallest absolute Gasteiger partial charge is 0.410 e. The molecule has 0 saturated carbocycles. The van der Waals surface area contributed by atoms with Crippen molar-refractivity contribution in [2.45, 2.75) is 51.7 Å². The lowest BCUT2D eigenvalue weighted by atomic mass is 9.89. The summed E-state index contributed by atoms with van der Waals surface area (Å²) in [6.45, 7) is 7.27. The molecule has 1 aliphatic heterocycles. The molecule has 0 bridgehead atoms. The Morgan fingerprint density at radius 3 is 2.17 bits per heavy atom. The zero-order valence-electron chi connectivity index (χ0n) is 17.4. The average molecular weight is 395 g/mol. The largest absolute Gasteiger partial charge is 0.457 e. The summed E-state index contributed by atoms with van der Waals surface area (Å²) in [4.78, 5) is 26.2. The Morgan fingerprint density at radius 1 is 0.966 bits per heavy atom. The average Bonchev–Trinajstić information content (AvgIpc) is 2.72. The van der Waals surface area contributed by atoms with Gasteiger partial charge in [-0.25, -0.2) is 9.59 Å². The summed E-state index contributed by atoms with van der Waals surface area (Å²) in [6.07, 6.45) is 1.53. The molecular formula is C24H29NO4. The highest BCUT2D eigenvalue weighted by Crippen LogP contribution is 2.29. The van der Waals surface area contributed by atoms with Gasteiger partial charge in [0.1, 0.15) is 12.2 Å². The summed E-state index contributed by atoms with van der Waals surface area (Å²) < 4.78 is 10.8. The van der Waals surface area contributed by atoms with Crippen LogP contribution in [0.1, 0.15) is 61.0 Å². The third-order valence-corrected chi connectivity index (χ3v) is 4.98. The molecule has 0 spiro atoms. The van der Waals surface area contributed by atoms with Gasteiger partial charge >= 0.3 is 12.1 Å². The Labute approximate surface area is 172 Å². The maximum atomic E-state index is 12.3. The van der Waals surface area contributed by atoms with Crippen LogP contribution in [0.15, 0.2) is 54.6 Å². The molecule has 1 amide bonds. The number of amides is 1. The molecule has 0 aromatic heterocycles. The lowest BCUT2D eigenvalue weighted by Gasteiger charge is -2.33. The van der Waals surface area contributed by atoms with Crippen molar-refractivity contribution in [1.29, 1.82) is 0 Å². The summed E-state index contributed by atoms with van der Waals surface area (Å²) >= 11 is 0. The van der Waals surface area contributed by atoms with Crippen molar-refractivity contribution in [3.63, 3.8) is 0 Å². The lowest BCUT2D eigenvalue weighted by Crippen LogP contribution is -2.41. The van der Waals surface area contributed by atoms with E-state index in [9.17, 15) is 9.59 Å². The van der Waals surface area contributed by atoms with Gasteiger partial charge in [0, 0.05) is 13.1 Å². The number of likely N-dealkylation sites (tertiary alicyclic amines) is 1. The van der Waals surface area contributed by atoms with Gasteiger partial charge in [-0.3, -0.25) is 0 Å². The molecular weight excluding hydrogens is 366 g/mol. The van der Waals surface area contributed by atoms with E-state index in [4.69, 9.17) is 9.47 Å². The van der Waals surface area contributed by atoms with E-state index in [-0.39, 0.29) is 18.7 Å². The first kappa shape index (κ1) is 20.9. The van der Waals surface area contributed by atoms with Crippen molar-refractivity contribution in [1.82, 2.24) is 4.90 Å². The van der Waals surface area contributed by atoms with E-state index in [0.717, 1.165) is 18.4 Å². The van der Waals surface area contributed by atoms with Crippen LogP contribution in [0.5, 0.6) is 0 Å². The molecule has 0 unspecified atom stereocenters. The normalized spacial score (nSPS) is 15.1. The summed E-state index contributed by atoms with van der Waals surface area (Å²) in [7, 11) is 0. The van der Waals surface area contributed by atoms with Gasteiger partial charge in [-0.2, -0.15) is 0 Å². The molecule has 5 heteroatoms. The van der Waals surface area contributed by atoms with Crippen LogP contribution in [0.4, 0.5) is 4.79 Å². The molecule has 1 saturated heterocycles. The second-order valence-electron chi connectivity index (χ2n) is 8.43. The molecule has 2 aromatic carbocycles. The number of hydrogen-bond acceptors (Lipinski definition) is 4. The molecule has 0 radical (unpaired) electrons. The van der Waals surface area contributed by atoms with Crippen LogP contribution in [-0.2, 0) is 16.1 Å². The van der Waals surface area contributed by atoms with E-state index in [1.54, 1.807) is 4.90 Å². The van der Waals surface area contributed by atoms with Crippen LogP contribution in [0.3, 0.4) is 0 Å². The number of piperidine rings is 1. The summed E-state index contributed by atoms with van der Waals surface area (Å²) in [6, 6.07) is 17.3. The molecule has 1 heterocycles. The van der Waals surface area contributed by atoms with Gasteiger partial charge in [-0.1, -0.05) is 42.5 Å². The molecule has 0 atom stereocenters. The van der Waals surface area contributed by atoms with Gasteiger partial charge in [0.15, 0.2) is 0 Å². The minimum absolute atomic E-state index is 0.243. The van der Waals surface area contributed by atoms with Crippen LogP contribution < -0.4 is 0 Å². The molecule has 0 aliphatic carbocycles. The van der Waals surface area contributed by atoms with E-state index in [1.165, 1.54) is 5.56 Å². The van der Waals surface area contributed by atoms with Crippen LogP contribution in [0.25, 0.3) is 0 Å². The third-order valence-electron chi connectivity index (χ3n) is 4.98. The number of esters is 1.